The Morgan fingerprint density at radius 1 is 0.730 bits per heavy atom. The first-order valence-electron chi connectivity index (χ1n) is 24.8. The second-order valence-electron chi connectivity index (χ2n) is 19.8. The molecule has 2 saturated carbocycles. The van der Waals surface area contributed by atoms with Gasteiger partial charge in [0, 0.05) is 79.4 Å². The lowest BCUT2D eigenvalue weighted by molar-refractivity contribution is -0.118. The van der Waals surface area contributed by atoms with Crippen LogP contribution in [0.25, 0.3) is 55.7 Å². The van der Waals surface area contributed by atoms with Crippen LogP contribution in [0.15, 0.2) is 91.4 Å². The summed E-state index contributed by atoms with van der Waals surface area (Å²) in [5, 5.41) is 24.0. The number of hydrogen-bond donors (Lipinski definition) is 5. The Labute approximate surface area is 432 Å². The maximum Gasteiger partial charge on any atom is 0.262 e. The quantitative estimate of drug-likeness (QED) is 0.0925. The fraction of sp³-hybridized carbons (Fsp3) is 0.321. The van der Waals surface area contributed by atoms with Gasteiger partial charge < -0.3 is 31.3 Å². The number of carbonyl (C=O) groups is 1. The van der Waals surface area contributed by atoms with Gasteiger partial charge in [-0.1, -0.05) is 59.6 Å². The van der Waals surface area contributed by atoms with Crippen molar-refractivity contribution in [1.29, 1.82) is 0 Å². The minimum absolute atomic E-state index is 0.0469. The SMILES string of the molecule is CCn1cc2c(Cl)c(-c3[nH]nc4nc(N5CC[C@@H]6[C@H](C5)[C@@]6(CN)c5ccccc5F)cnc34)ccc2n1.NC[C@]1(c2ccccc2F)[C@@H]2CCN(c3cnc4c(-c5ccc6c(c5Cl)NC(=O)CO6)[nH]nc4n3)C[C@@H]21. The van der Waals surface area contributed by atoms with Crippen LogP contribution in [0.4, 0.5) is 26.1 Å². The molecular formula is C53H49Cl2F2N15O2. The van der Waals surface area contributed by atoms with Crippen LogP contribution in [0.1, 0.15) is 30.9 Å². The molecule has 3 aliphatic heterocycles. The van der Waals surface area contributed by atoms with E-state index >= 15 is 0 Å². The lowest BCUT2D eigenvalue weighted by Gasteiger charge is -2.26. The molecule has 5 aromatic heterocycles. The third-order valence-electron chi connectivity index (χ3n) is 16.5. The predicted octanol–water partition coefficient (Wildman–Crippen LogP) is 8.03. The van der Waals surface area contributed by atoms with E-state index in [1.807, 2.05) is 54.2 Å². The molecule has 0 bridgehead atoms. The van der Waals surface area contributed by atoms with Crippen LogP contribution in [0, 0.1) is 35.3 Å². The van der Waals surface area contributed by atoms with Crippen LogP contribution in [-0.4, -0.2) is 102 Å². The molecule has 7 N–H and O–H groups in total. The van der Waals surface area contributed by atoms with E-state index in [-0.39, 0.29) is 46.8 Å². The number of piperidine rings is 2. The van der Waals surface area contributed by atoms with Crippen LogP contribution in [0.2, 0.25) is 10.0 Å². The Balaban J connectivity index is 0.000000143. The number of rotatable bonds is 9. The second kappa shape index (κ2) is 17.7. The summed E-state index contributed by atoms with van der Waals surface area (Å²) >= 11 is 13.4. The molecule has 0 unspecified atom stereocenters. The molecule has 14 rings (SSSR count). The van der Waals surface area contributed by atoms with Gasteiger partial charge in [-0.25, -0.2) is 28.7 Å². The topological polar surface area (TPSA) is 224 Å². The van der Waals surface area contributed by atoms with Gasteiger partial charge in [-0.15, -0.1) is 0 Å². The molecule has 2 saturated heterocycles. The van der Waals surface area contributed by atoms with Gasteiger partial charge in [-0.05, 0) is 91.0 Å². The molecule has 4 fully saturated rings. The van der Waals surface area contributed by atoms with Crippen LogP contribution in [0.5, 0.6) is 5.75 Å². The van der Waals surface area contributed by atoms with Crippen LogP contribution < -0.4 is 31.3 Å². The molecule has 376 valence electrons. The van der Waals surface area contributed by atoms with Gasteiger partial charge in [0.05, 0.1) is 39.3 Å². The van der Waals surface area contributed by atoms with E-state index in [1.165, 1.54) is 12.1 Å². The van der Waals surface area contributed by atoms with Gasteiger partial charge >= 0.3 is 0 Å². The Bertz CT molecular complexity index is 3720. The summed E-state index contributed by atoms with van der Waals surface area (Å²) in [6.07, 6.45) is 7.31. The molecule has 8 heterocycles. The van der Waals surface area contributed by atoms with Gasteiger partial charge in [0.1, 0.15) is 45.7 Å². The summed E-state index contributed by atoms with van der Waals surface area (Å²) in [7, 11) is 0. The van der Waals surface area contributed by atoms with Crippen molar-refractivity contribution in [2.75, 3.05) is 61.0 Å². The maximum atomic E-state index is 14.7. The molecule has 1 amide bonds. The number of amides is 1. The van der Waals surface area contributed by atoms with Crippen molar-refractivity contribution in [3.05, 3.63) is 124 Å². The fourth-order valence-electron chi connectivity index (χ4n) is 12.7. The number of benzene rings is 4. The Hall–Kier alpha value is -7.32. The third kappa shape index (κ3) is 7.14. The molecule has 2 aliphatic carbocycles. The highest BCUT2D eigenvalue weighted by molar-refractivity contribution is 6.38. The number of ether oxygens (including phenoxy) is 1. The van der Waals surface area contributed by atoms with Gasteiger partial charge in [-0.3, -0.25) is 19.7 Å². The lowest BCUT2D eigenvalue weighted by atomic mass is 9.91. The molecular weight excluding hydrogens is 988 g/mol. The fourth-order valence-corrected chi connectivity index (χ4v) is 13.3. The lowest BCUT2D eigenvalue weighted by Crippen LogP contribution is -2.32. The molecule has 74 heavy (non-hydrogen) atoms. The summed E-state index contributed by atoms with van der Waals surface area (Å²) < 4.78 is 36.7. The average molecular weight is 1040 g/mol. The smallest absolute Gasteiger partial charge is 0.262 e. The Morgan fingerprint density at radius 2 is 1.27 bits per heavy atom. The number of H-pyrrole nitrogens is 2. The Kier molecular flexibility index (Phi) is 11.1. The molecule has 21 heteroatoms. The highest BCUT2D eigenvalue weighted by Gasteiger charge is 2.67. The molecule has 4 aromatic carbocycles. The summed E-state index contributed by atoms with van der Waals surface area (Å²) in [5.74, 6) is 2.64. The third-order valence-corrected chi connectivity index (χ3v) is 17.3. The number of halogens is 4. The first-order chi connectivity index (χ1) is 36.1. The molecule has 9 aromatic rings. The van der Waals surface area contributed by atoms with Crippen molar-refractivity contribution < 1.29 is 18.3 Å². The van der Waals surface area contributed by atoms with E-state index in [9.17, 15) is 13.6 Å². The highest BCUT2D eigenvalue weighted by Crippen LogP contribution is 2.64. The maximum absolute atomic E-state index is 14.7. The van der Waals surface area contributed by atoms with Gasteiger partial charge in [-0.2, -0.15) is 15.3 Å². The zero-order chi connectivity index (χ0) is 50.6. The number of fused-ring (bicyclic) bond motifs is 6. The summed E-state index contributed by atoms with van der Waals surface area (Å²) in [4.78, 5) is 35.2. The molecule has 0 spiro atoms. The zero-order valence-corrected chi connectivity index (χ0v) is 41.5. The number of anilines is 3. The van der Waals surface area contributed by atoms with E-state index < -0.39 is 0 Å². The Morgan fingerprint density at radius 3 is 1.81 bits per heavy atom. The van der Waals surface area contributed by atoms with Crippen molar-refractivity contribution in [2.24, 2.45) is 35.1 Å². The summed E-state index contributed by atoms with van der Waals surface area (Å²) in [5.41, 5.74) is 19.6. The van der Waals surface area contributed by atoms with Crippen LogP contribution in [0.3, 0.4) is 0 Å². The largest absolute Gasteiger partial charge is 0.482 e. The number of aromatic nitrogens is 10. The van der Waals surface area contributed by atoms with Crippen molar-refractivity contribution in [3.8, 4) is 28.3 Å². The van der Waals surface area contributed by atoms with Gasteiger partial charge in [0.2, 0.25) is 11.3 Å². The number of nitrogens with zero attached hydrogens (tertiary/aromatic N) is 10. The first-order valence-corrected chi connectivity index (χ1v) is 25.6. The summed E-state index contributed by atoms with van der Waals surface area (Å²) in [6.45, 7) is 6.70. The minimum Gasteiger partial charge on any atom is -0.482 e. The zero-order valence-electron chi connectivity index (χ0n) is 40.0. The van der Waals surface area contributed by atoms with Gasteiger partial charge in [0.15, 0.2) is 6.61 Å². The first kappa shape index (κ1) is 46.5. The number of nitrogens with two attached hydrogens (primary N) is 2. The van der Waals surface area contributed by atoms with Crippen molar-refractivity contribution >= 4 is 79.7 Å². The number of nitrogens with one attached hydrogen (secondary N) is 3. The van der Waals surface area contributed by atoms with Gasteiger partial charge in [0.25, 0.3) is 5.91 Å². The van der Waals surface area contributed by atoms with Crippen LogP contribution in [-0.2, 0) is 22.2 Å². The highest BCUT2D eigenvalue weighted by atomic mass is 35.5. The van der Waals surface area contributed by atoms with Crippen molar-refractivity contribution in [1.82, 2.24) is 50.1 Å². The second-order valence-corrected chi connectivity index (χ2v) is 20.6. The standard InChI is InChI=1S/C27H26ClFN8.C26H23ClFN7O2/c1-2-37-12-16-21(35-37)8-7-15(23(16)28)24-25-26(34-33-24)32-22(11-31-25)36-10-9-17-19(13-36)27(17,14-30)18-5-3-4-6-20(18)29;27-21-13(5-6-18-23(21)32-20(36)11-37-18)22-24-25(34-33-22)31-19(9-30-24)35-8-7-14-16(10-35)26(14,12-29)15-3-1-2-4-17(15)28/h3-8,11-12,17,19H,2,9-10,13-14,30H2,1H3,(H,32,33,34);1-6,9,14,16H,7-8,10-12,29H2,(H,32,36)(H,31,33,34)/t17-,19+,27-;14-,16+,26-/m11/s1. The molecule has 6 atom stereocenters. The van der Waals surface area contributed by atoms with E-state index in [4.69, 9.17) is 54.4 Å². The minimum atomic E-state index is -0.334. The van der Waals surface area contributed by atoms with E-state index in [0.717, 1.165) is 84.7 Å². The molecule has 5 aliphatic rings. The predicted molar refractivity (Wildman–Crippen MR) is 279 cm³/mol. The average Bonchev–Trinajstić information content (AvgIpc) is 3.90. The summed E-state index contributed by atoms with van der Waals surface area (Å²) in [6, 6.07) is 21.5. The number of hydrogen-bond acceptors (Lipinski definition) is 13. The number of aryl methyl sites for hydroxylation is 1. The number of aromatic amines is 2. The molecule has 17 nitrogen and oxygen atoms in total. The van der Waals surface area contributed by atoms with E-state index in [0.29, 0.717) is 85.8 Å². The normalized spacial score (nSPS) is 23.7. The van der Waals surface area contributed by atoms with Crippen LogP contribution >= 0.6 is 23.2 Å². The van der Waals surface area contributed by atoms with Crippen molar-refractivity contribution in [2.45, 2.75) is 37.1 Å². The van der Waals surface area contributed by atoms with E-state index in [1.54, 1.807) is 36.7 Å². The van der Waals surface area contributed by atoms with Crippen molar-refractivity contribution in [3.63, 3.8) is 0 Å². The molecule has 0 radical (unpaired) electrons. The number of carbonyl (C=O) groups excluding carboxylic acids is 1. The monoisotopic (exact) mass is 1040 g/mol. The van der Waals surface area contributed by atoms with E-state index in [2.05, 4.69) is 45.6 Å².